The highest BCUT2D eigenvalue weighted by atomic mass is 16.5. The second-order valence-corrected chi connectivity index (χ2v) is 7.59. The number of nitrogens with zero attached hydrogens (tertiary/aromatic N) is 2. The van der Waals surface area contributed by atoms with Gasteiger partial charge in [0, 0.05) is 42.4 Å². The predicted molar refractivity (Wildman–Crippen MR) is 120 cm³/mol. The fraction of sp³-hybridized carbons (Fsp3) is 0.200. The van der Waals surface area contributed by atoms with Crippen molar-refractivity contribution in [3.8, 4) is 11.5 Å². The molecule has 0 bridgehead atoms. The van der Waals surface area contributed by atoms with E-state index in [4.69, 9.17) is 4.74 Å². The number of Topliss-reactive ketones (excluding diaryl/α,β-unsaturated/α-hetero) is 1. The first-order chi connectivity index (χ1) is 15.5. The Morgan fingerprint density at radius 1 is 1.06 bits per heavy atom. The molecule has 0 unspecified atom stereocenters. The summed E-state index contributed by atoms with van der Waals surface area (Å²) in [5.74, 6) is 1.29. The Morgan fingerprint density at radius 3 is 2.50 bits per heavy atom. The molecule has 1 fully saturated rings. The van der Waals surface area contributed by atoms with Crippen molar-refractivity contribution in [1.82, 2.24) is 9.88 Å². The van der Waals surface area contributed by atoms with Gasteiger partial charge in [-0.25, -0.2) is 4.98 Å². The highest BCUT2D eigenvalue weighted by Gasteiger charge is 2.22. The molecule has 32 heavy (non-hydrogen) atoms. The van der Waals surface area contributed by atoms with E-state index in [0.717, 1.165) is 12.0 Å². The minimum absolute atomic E-state index is 0.0693. The lowest BCUT2D eigenvalue weighted by molar-refractivity contribution is -0.128. The van der Waals surface area contributed by atoms with Gasteiger partial charge in [-0.05, 0) is 55.8 Å². The highest BCUT2D eigenvalue weighted by Crippen LogP contribution is 2.29. The third-order valence-corrected chi connectivity index (χ3v) is 5.26. The van der Waals surface area contributed by atoms with Crippen molar-refractivity contribution in [2.24, 2.45) is 0 Å². The lowest BCUT2D eigenvalue weighted by Gasteiger charge is -2.19. The average Bonchev–Trinajstić information content (AvgIpc) is 3.20. The maximum atomic E-state index is 12.4. The molecule has 4 rings (SSSR count). The number of ketones is 1. The summed E-state index contributed by atoms with van der Waals surface area (Å²) >= 11 is 0. The number of hydrogen-bond acceptors (Lipinski definition) is 5. The fourth-order valence-corrected chi connectivity index (χ4v) is 3.50. The number of nitrogens with one attached hydrogen (secondary N) is 1. The molecule has 1 aromatic heterocycles. The highest BCUT2D eigenvalue weighted by molar-refractivity contribution is 6.03. The molecule has 0 spiro atoms. The summed E-state index contributed by atoms with van der Waals surface area (Å²) in [5, 5.41) is 2.74. The molecule has 0 atom stereocenters. The molecule has 1 aliphatic heterocycles. The Morgan fingerprint density at radius 2 is 1.84 bits per heavy atom. The SMILES string of the molecule is CC(=O)c1ccc(CN2CCCC2=O)c(Oc2ccc(C(=O)Nc3ccccn3)cc2)c1. The van der Waals surface area contributed by atoms with E-state index in [1.54, 1.807) is 65.7 Å². The maximum Gasteiger partial charge on any atom is 0.256 e. The van der Waals surface area contributed by atoms with Gasteiger partial charge in [-0.15, -0.1) is 0 Å². The van der Waals surface area contributed by atoms with Crippen molar-refractivity contribution in [1.29, 1.82) is 0 Å². The number of ether oxygens (including phenoxy) is 1. The molecular formula is C25H23N3O4. The lowest BCUT2D eigenvalue weighted by Crippen LogP contribution is -2.24. The van der Waals surface area contributed by atoms with Crippen LogP contribution in [0.25, 0.3) is 0 Å². The molecule has 0 saturated carbocycles. The number of aromatic nitrogens is 1. The Kier molecular flexibility index (Phi) is 6.26. The van der Waals surface area contributed by atoms with Crippen LogP contribution in [0.15, 0.2) is 66.9 Å². The van der Waals surface area contributed by atoms with Crippen molar-refractivity contribution in [3.63, 3.8) is 0 Å². The number of benzene rings is 2. The van der Waals surface area contributed by atoms with Crippen molar-refractivity contribution in [2.75, 3.05) is 11.9 Å². The van der Waals surface area contributed by atoms with E-state index in [9.17, 15) is 14.4 Å². The number of carbonyl (C=O) groups is 3. The zero-order chi connectivity index (χ0) is 22.5. The quantitative estimate of drug-likeness (QED) is 0.561. The summed E-state index contributed by atoms with van der Waals surface area (Å²) in [6.07, 6.45) is 3.02. The number of hydrogen-bond donors (Lipinski definition) is 1. The first-order valence-electron chi connectivity index (χ1n) is 10.4. The van der Waals surface area contributed by atoms with Gasteiger partial charge in [0.1, 0.15) is 17.3 Å². The van der Waals surface area contributed by atoms with E-state index in [1.165, 1.54) is 6.92 Å². The number of carbonyl (C=O) groups excluding carboxylic acids is 3. The first-order valence-corrected chi connectivity index (χ1v) is 10.4. The Labute approximate surface area is 186 Å². The average molecular weight is 429 g/mol. The molecule has 1 N–H and O–H groups in total. The molecule has 162 valence electrons. The standard InChI is InChI=1S/C25H23N3O4/c1-17(29)19-7-8-20(16-28-14-4-6-24(28)30)22(15-19)32-21-11-9-18(10-12-21)25(31)27-23-5-2-3-13-26-23/h2-3,5,7-13,15H,4,6,14,16H2,1H3,(H,26,27,31). The Bertz CT molecular complexity index is 1140. The van der Waals surface area contributed by atoms with Gasteiger partial charge >= 0.3 is 0 Å². The molecule has 7 heteroatoms. The van der Waals surface area contributed by atoms with Crippen LogP contribution in [0.2, 0.25) is 0 Å². The van der Waals surface area contributed by atoms with Crippen LogP contribution < -0.4 is 10.1 Å². The van der Waals surface area contributed by atoms with Crippen molar-refractivity contribution >= 4 is 23.4 Å². The van der Waals surface area contributed by atoms with E-state index in [-0.39, 0.29) is 17.6 Å². The molecule has 0 radical (unpaired) electrons. The van der Waals surface area contributed by atoms with Gasteiger partial charge in [0.05, 0.1) is 0 Å². The van der Waals surface area contributed by atoms with Crippen LogP contribution in [-0.2, 0) is 11.3 Å². The zero-order valence-corrected chi connectivity index (χ0v) is 17.7. The summed E-state index contributed by atoms with van der Waals surface area (Å²) in [6.45, 7) is 2.64. The summed E-state index contributed by atoms with van der Waals surface area (Å²) in [6, 6.07) is 17.3. The second kappa shape index (κ2) is 9.43. The normalized spacial score (nSPS) is 13.2. The smallest absolute Gasteiger partial charge is 0.256 e. The van der Waals surface area contributed by atoms with Crippen LogP contribution in [0.5, 0.6) is 11.5 Å². The van der Waals surface area contributed by atoms with Crippen LogP contribution in [0.4, 0.5) is 5.82 Å². The van der Waals surface area contributed by atoms with Gasteiger partial charge in [-0.3, -0.25) is 14.4 Å². The zero-order valence-electron chi connectivity index (χ0n) is 17.7. The third kappa shape index (κ3) is 5.00. The minimum atomic E-state index is -0.276. The maximum absolute atomic E-state index is 12.4. The molecule has 3 aromatic rings. The van der Waals surface area contributed by atoms with Crippen LogP contribution in [-0.4, -0.2) is 34.0 Å². The summed E-state index contributed by atoms with van der Waals surface area (Å²) in [7, 11) is 0. The minimum Gasteiger partial charge on any atom is -0.457 e. The van der Waals surface area contributed by atoms with Crippen LogP contribution in [0.3, 0.4) is 0 Å². The fourth-order valence-electron chi connectivity index (χ4n) is 3.50. The molecule has 7 nitrogen and oxygen atoms in total. The monoisotopic (exact) mass is 429 g/mol. The van der Waals surface area contributed by atoms with Crippen LogP contribution >= 0.6 is 0 Å². The van der Waals surface area contributed by atoms with Crippen LogP contribution in [0, 0.1) is 0 Å². The molecule has 0 aliphatic carbocycles. The van der Waals surface area contributed by atoms with E-state index in [2.05, 4.69) is 10.3 Å². The predicted octanol–water partition coefficient (Wildman–Crippen LogP) is 4.45. The molecule has 1 saturated heterocycles. The van der Waals surface area contributed by atoms with Gasteiger partial charge in [0.15, 0.2) is 5.78 Å². The van der Waals surface area contributed by atoms with Crippen molar-refractivity contribution < 1.29 is 19.1 Å². The topological polar surface area (TPSA) is 88.6 Å². The van der Waals surface area contributed by atoms with E-state index < -0.39 is 0 Å². The van der Waals surface area contributed by atoms with Gasteiger partial charge in [-0.1, -0.05) is 18.2 Å². The molecule has 1 aliphatic rings. The lowest BCUT2D eigenvalue weighted by atomic mass is 10.1. The number of pyridine rings is 1. The van der Waals surface area contributed by atoms with Gasteiger partial charge < -0.3 is 15.0 Å². The van der Waals surface area contributed by atoms with Gasteiger partial charge in [0.25, 0.3) is 5.91 Å². The summed E-state index contributed by atoms with van der Waals surface area (Å²) < 4.78 is 6.06. The van der Waals surface area contributed by atoms with Crippen LogP contribution in [0.1, 0.15) is 46.0 Å². The Hall–Kier alpha value is -4.00. The first kappa shape index (κ1) is 21.2. The Balaban J connectivity index is 1.52. The number of likely N-dealkylation sites (tertiary alicyclic amines) is 1. The van der Waals surface area contributed by atoms with Gasteiger partial charge in [-0.2, -0.15) is 0 Å². The van der Waals surface area contributed by atoms with Gasteiger partial charge in [0.2, 0.25) is 5.91 Å². The summed E-state index contributed by atoms with van der Waals surface area (Å²) in [5.41, 5.74) is 1.81. The molecule has 2 aromatic carbocycles. The molecule has 2 heterocycles. The van der Waals surface area contributed by atoms with E-state index in [0.29, 0.717) is 48.0 Å². The molecule has 2 amide bonds. The van der Waals surface area contributed by atoms with E-state index in [1.807, 2.05) is 6.07 Å². The summed E-state index contributed by atoms with van der Waals surface area (Å²) in [4.78, 5) is 42.2. The number of amides is 2. The van der Waals surface area contributed by atoms with E-state index >= 15 is 0 Å². The molecular weight excluding hydrogens is 406 g/mol. The third-order valence-electron chi connectivity index (χ3n) is 5.26. The largest absolute Gasteiger partial charge is 0.457 e. The number of rotatable bonds is 7. The van der Waals surface area contributed by atoms with Crippen molar-refractivity contribution in [2.45, 2.75) is 26.3 Å². The number of anilines is 1. The second-order valence-electron chi connectivity index (χ2n) is 7.59. The van der Waals surface area contributed by atoms with Crippen molar-refractivity contribution in [3.05, 3.63) is 83.6 Å².